The Morgan fingerprint density at radius 2 is 1.72 bits per heavy atom. The smallest absolute Gasteiger partial charge is 0.0916 e. The average Bonchev–Trinajstić information content (AvgIpc) is 2.68. The predicted octanol–water partition coefficient (Wildman–Crippen LogP) is 3.37. The highest BCUT2D eigenvalue weighted by molar-refractivity contribution is 5.17. The Kier molecular flexibility index (Phi) is 5.21. The second-order valence-electron chi connectivity index (χ2n) is 5.51. The number of aliphatic hydroxyl groups is 1. The van der Waals surface area contributed by atoms with Gasteiger partial charge in [-0.25, -0.2) is 0 Å². The van der Waals surface area contributed by atoms with Gasteiger partial charge in [-0.15, -0.1) is 0 Å². The average molecular weight is 247 g/mol. The highest BCUT2D eigenvalue weighted by atomic mass is 16.3. The molecule has 0 spiro atoms. The van der Waals surface area contributed by atoms with Gasteiger partial charge >= 0.3 is 0 Å². The fourth-order valence-corrected chi connectivity index (χ4v) is 2.90. The van der Waals surface area contributed by atoms with Gasteiger partial charge in [-0.2, -0.15) is 0 Å². The van der Waals surface area contributed by atoms with E-state index in [2.05, 4.69) is 11.9 Å². The number of rotatable bonds is 4. The van der Waals surface area contributed by atoms with Gasteiger partial charge in [0.2, 0.25) is 0 Å². The third-order valence-electron chi connectivity index (χ3n) is 4.09. The van der Waals surface area contributed by atoms with Crippen LogP contribution in [-0.2, 0) is 0 Å². The molecular weight excluding hydrogens is 222 g/mol. The van der Waals surface area contributed by atoms with Gasteiger partial charge in [-0.05, 0) is 25.5 Å². The minimum absolute atomic E-state index is 0.362. The molecule has 0 aromatic heterocycles. The van der Waals surface area contributed by atoms with Crippen LogP contribution in [0.4, 0.5) is 0 Å². The van der Waals surface area contributed by atoms with Gasteiger partial charge in [0.1, 0.15) is 0 Å². The summed E-state index contributed by atoms with van der Waals surface area (Å²) in [5.41, 5.74) is 1.03. The standard InChI is InChI=1S/C16H25NO/c1-17(15-11-7-2-3-8-12-15)13-16(18)14-9-5-4-6-10-14/h4-6,9-10,15-16,18H,2-3,7-8,11-13H2,1H3. The summed E-state index contributed by atoms with van der Waals surface area (Å²) in [6, 6.07) is 10.6. The van der Waals surface area contributed by atoms with Crippen LogP contribution in [-0.4, -0.2) is 29.6 Å². The van der Waals surface area contributed by atoms with Gasteiger partial charge in [-0.1, -0.05) is 56.0 Å². The van der Waals surface area contributed by atoms with Crippen molar-refractivity contribution in [3.05, 3.63) is 35.9 Å². The molecule has 1 aliphatic rings. The highest BCUT2D eigenvalue weighted by Gasteiger charge is 2.19. The maximum Gasteiger partial charge on any atom is 0.0916 e. The lowest BCUT2D eigenvalue weighted by molar-refractivity contribution is 0.0990. The van der Waals surface area contributed by atoms with Crippen LogP contribution in [0.5, 0.6) is 0 Å². The van der Waals surface area contributed by atoms with Gasteiger partial charge in [0.15, 0.2) is 0 Å². The molecule has 0 radical (unpaired) electrons. The Balaban J connectivity index is 1.88. The van der Waals surface area contributed by atoms with Crippen molar-refractivity contribution in [2.45, 2.75) is 50.7 Å². The number of aliphatic hydroxyl groups excluding tert-OH is 1. The van der Waals surface area contributed by atoms with Crippen molar-refractivity contribution in [3.8, 4) is 0 Å². The van der Waals surface area contributed by atoms with Crippen LogP contribution < -0.4 is 0 Å². The minimum atomic E-state index is -0.362. The summed E-state index contributed by atoms with van der Waals surface area (Å²) in [6.07, 6.45) is 7.67. The number of nitrogens with zero attached hydrogens (tertiary/aromatic N) is 1. The highest BCUT2D eigenvalue weighted by Crippen LogP contribution is 2.23. The van der Waals surface area contributed by atoms with Crippen LogP contribution in [0.25, 0.3) is 0 Å². The molecule has 0 bridgehead atoms. The van der Waals surface area contributed by atoms with Gasteiger partial charge in [0.25, 0.3) is 0 Å². The van der Waals surface area contributed by atoms with Crippen LogP contribution in [0, 0.1) is 0 Å². The molecule has 0 heterocycles. The largest absolute Gasteiger partial charge is 0.387 e. The van der Waals surface area contributed by atoms with Crippen molar-refractivity contribution in [3.63, 3.8) is 0 Å². The van der Waals surface area contributed by atoms with Crippen molar-refractivity contribution in [2.24, 2.45) is 0 Å². The van der Waals surface area contributed by atoms with E-state index < -0.39 is 0 Å². The van der Waals surface area contributed by atoms with E-state index in [9.17, 15) is 5.11 Å². The summed E-state index contributed by atoms with van der Waals surface area (Å²) < 4.78 is 0. The summed E-state index contributed by atoms with van der Waals surface area (Å²) in [5, 5.41) is 10.3. The summed E-state index contributed by atoms with van der Waals surface area (Å²) >= 11 is 0. The van der Waals surface area contributed by atoms with Crippen LogP contribution >= 0.6 is 0 Å². The first-order valence-corrected chi connectivity index (χ1v) is 7.20. The predicted molar refractivity (Wildman–Crippen MR) is 75.5 cm³/mol. The van der Waals surface area contributed by atoms with Crippen LogP contribution in [0.15, 0.2) is 30.3 Å². The van der Waals surface area contributed by atoms with Gasteiger partial charge < -0.3 is 10.0 Å². The molecule has 2 heteroatoms. The zero-order valence-corrected chi connectivity index (χ0v) is 11.4. The zero-order chi connectivity index (χ0) is 12.8. The topological polar surface area (TPSA) is 23.5 Å². The van der Waals surface area contributed by atoms with Gasteiger partial charge in [0, 0.05) is 12.6 Å². The lowest BCUT2D eigenvalue weighted by Gasteiger charge is -2.29. The molecule has 0 amide bonds. The van der Waals surface area contributed by atoms with E-state index in [0.29, 0.717) is 6.04 Å². The summed E-state index contributed by atoms with van der Waals surface area (Å²) in [7, 11) is 2.15. The van der Waals surface area contributed by atoms with Gasteiger partial charge in [-0.3, -0.25) is 0 Å². The van der Waals surface area contributed by atoms with E-state index in [1.165, 1.54) is 38.5 Å². The summed E-state index contributed by atoms with van der Waals surface area (Å²) in [6.45, 7) is 0.745. The fourth-order valence-electron chi connectivity index (χ4n) is 2.90. The Hall–Kier alpha value is -0.860. The molecule has 2 rings (SSSR count). The molecule has 1 aromatic carbocycles. The Morgan fingerprint density at radius 1 is 1.11 bits per heavy atom. The van der Waals surface area contributed by atoms with E-state index in [-0.39, 0.29) is 6.10 Å². The van der Waals surface area contributed by atoms with Crippen molar-refractivity contribution < 1.29 is 5.11 Å². The molecule has 0 saturated heterocycles. The molecular formula is C16H25NO. The molecule has 1 saturated carbocycles. The van der Waals surface area contributed by atoms with Crippen molar-refractivity contribution >= 4 is 0 Å². The molecule has 1 unspecified atom stereocenters. The molecule has 2 nitrogen and oxygen atoms in total. The molecule has 1 fully saturated rings. The molecule has 18 heavy (non-hydrogen) atoms. The SMILES string of the molecule is CN(CC(O)c1ccccc1)C1CCCCCC1. The van der Waals surface area contributed by atoms with Gasteiger partial charge in [0.05, 0.1) is 6.10 Å². The van der Waals surface area contributed by atoms with Crippen molar-refractivity contribution in [1.82, 2.24) is 4.90 Å². The van der Waals surface area contributed by atoms with Crippen LogP contribution in [0.3, 0.4) is 0 Å². The lowest BCUT2D eigenvalue weighted by atomic mass is 10.1. The number of likely N-dealkylation sites (N-methyl/N-ethyl adjacent to an activating group) is 1. The normalized spacial score (nSPS) is 19.7. The lowest BCUT2D eigenvalue weighted by Crippen LogP contribution is -2.34. The Labute approximate surface area is 111 Å². The zero-order valence-electron chi connectivity index (χ0n) is 11.4. The number of hydrogen-bond acceptors (Lipinski definition) is 2. The third-order valence-corrected chi connectivity index (χ3v) is 4.09. The maximum absolute atomic E-state index is 10.3. The van der Waals surface area contributed by atoms with Crippen molar-refractivity contribution in [1.29, 1.82) is 0 Å². The van der Waals surface area contributed by atoms with Crippen molar-refractivity contribution in [2.75, 3.05) is 13.6 Å². The monoisotopic (exact) mass is 247 g/mol. The molecule has 100 valence electrons. The van der Waals surface area contributed by atoms with E-state index >= 15 is 0 Å². The van der Waals surface area contributed by atoms with E-state index in [1.807, 2.05) is 30.3 Å². The minimum Gasteiger partial charge on any atom is -0.387 e. The molecule has 1 aromatic rings. The third kappa shape index (κ3) is 3.82. The fraction of sp³-hybridized carbons (Fsp3) is 0.625. The summed E-state index contributed by atoms with van der Waals surface area (Å²) in [4.78, 5) is 2.35. The quantitative estimate of drug-likeness (QED) is 0.825. The van der Waals surface area contributed by atoms with Crippen LogP contribution in [0.1, 0.15) is 50.2 Å². The van der Waals surface area contributed by atoms with Crippen LogP contribution in [0.2, 0.25) is 0 Å². The number of benzene rings is 1. The van der Waals surface area contributed by atoms with E-state index in [0.717, 1.165) is 12.1 Å². The number of hydrogen-bond donors (Lipinski definition) is 1. The maximum atomic E-state index is 10.3. The first kappa shape index (κ1) is 13.6. The molecule has 1 aliphatic carbocycles. The Morgan fingerprint density at radius 3 is 2.33 bits per heavy atom. The Bertz CT molecular complexity index is 330. The second-order valence-corrected chi connectivity index (χ2v) is 5.51. The second kappa shape index (κ2) is 6.91. The summed E-state index contributed by atoms with van der Waals surface area (Å²) in [5.74, 6) is 0. The van der Waals surface area contributed by atoms with E-state index in [1.54, 1.807) is 0 Å². The molecule has 0 aliphatic heterocycles. The molecule has 1 atom stereocenters. The molecule has 1 N–H and O–H groups in total. The first-order chi connectivity index (χ1) is 8.77. The van der Waals surface area contributed by atoms with E-state index in [4.69, 9.17) is 0 Å². The first-order valence-electron chi connectivity index (χ1n) is 7.20.